The first-order chi connectivity index (χ1) is 8.69. The Morgan fingerprint density at radius 2 is 2.22 bits per heavy atom. The third-order valence-electron chi connectivity index (χ3n) is 2.72. The lowest BCUT2D eigenvalue weighted by molar-refractivity contribution is 0.415. The van der Waals surface area contributed by atoms with E-state index in [1.165, 1.54) is 0 Å². The van der Waals surface area contributed by atoms with Gasteiger partial charge in [0.05, 0.1) is 24.2 Å². The fourth-order valence-electron chi connectivity index (χ4n) is 1.75. The van der Waals surface area contributed by atoms with Crippen LogP contribution < -0.4 is 15.8 Å². The van der Waals surface area contributed by atoms with Gasteiger partial charge in [-0.25, -0.2) is 0 Å². The molecule has 0 saturated carbocycles. The van der Waals surface area contributed by atoms with Crippen LogP contribution in [0, 0.1) is 0 Å². The minimum Gasteiger partial charge on any atom is -0.497 e. The summed E-state index contributed by atoms with van der Waals surface area (Å²) in [6, 6.07) is 7.63. The van der Waals surface area contributed by atoms with Gasteiger partial charge < -0.3 is 15.8 Å². The van der Waals surface area contributed by atoms with E-state index >= 15 is 0 Å². The van der Waals surface area contributed by atoms with Crippen LogP contribution in [0.3, 0.4) is 0 Å². The van der Waals surface area contributed by atoms with E-state index in [0.29, 0.717) is 5.69 Å². The Labute approximate surface area is 107 Å². The quantitative estimate of drug-likeness (QED) is 0.788. The van der Waals surface area contributed by atoms with Gasteiger partial charge in [-0.2, -0.15) is 5.10 Å². The van der Waals surface area contributed by atoms with E-state index in [1.54, 1.807) is 11.8 Å². The van der Waals surface area contributed by atoms with Crippen molar-refractivity contribution in [3.63, 3.8) is 0 Å². The van der Waals surface area contributed by atoms with Gasteiger partial charge in [0.25, 0.3) is 0 Å². The van der Waals surface area contributed by atoms with Crippen molar-refractivity contribution in [1.29, 1.82) is 0 Å². The number of aryl methyl sites for hydroxylation is 1. The van der Waals surface area contributed by atoms with E-state index in [1.807, 2.05) is 37.5 Å². The zero-order valence-electron chi connectivity index (χ0n) is 10.7. The molecule has 0 unspecified atom stereocenters. The van der Waals surface area contributed by atoms with E-state index in [0.717, 1.165) is 30.1 Å². The highest BCUT2D eigenvalue weighted by Gasteiger charge is 2.01. The molecule has 0 aliphatic carbocycles. The molecular weight excluding hydrogens is 228 g/mol. The van der Waals surface area contributed by atoms with Crippen molar-refractivity contribution in [2.24, 2.45) is 7.05 Å². The Morgan fingerprint density at radius 1 is 1.39 bits per heavy atom. The SMILES string of the molecule is COc1ccc(NCCc2ccn(C)n2)c(N)c1. The van der Waals surface area contributed by atoms with Gasteiger partial charge in [-0.1, -0.05) is 0 Å². The van der Waals surface area contributed by atoms with E-state index in [-0.39, 0.29) is 0 Å². The maximum Gasteiger partial charge on any atom is 0.121 e. The van der Waals surface area contributed by atoms with Crippen LogP contribution in [0.2, 0.25) is 0 Å². The molecule has 1 heterocycles. The Hall–Kier alpha value is -2.17. The van der Waals surface area contributed by atoms with Crippen molar-refractivity contribution in [3.8, 4) is 5.75 Å². The second-order valence-electron chi connectivity index (χ2n) is 4.11. The number of benzene rings is 1. The molecule has 0 saturated heterocycles. The van der Waals surface area contributed by atoms with Gasteiger partial charge in [0.15, 0.2) is 0 Å². The highest BCUT2D eigenvalue weighted by atomic mass is 16.5. The third-order valence-corrected chi connectivity index (χ3v) is 2.72. The van der Waals surface area contributed by atoms with Gasteiger partial charge in [0, 0.05) is 32.3 Å². The molecule has 0 aliphatic rings. The first-order valence-corrected chi connectivity index (χ1v) is 5.85. The number of hydrogen-bond acceptors (Lipinski definition) is 4. The molecule has 0 radical (unpaired) electrons. The van der Waals surface area contributed by atoms with Crippen molar-refractivity contribution in [3.05, 3.63) is 36.2 Å². The first kappa shape index (κ1) is 12.3. The van der Waals surface area contributed by atoms with Crippen LogP contribution >= 0.6 is 0 Å². The molecule has 0 fully saturated rings. The molecule has 2 aromatic rings. The second-order valence-corrected chi connectivity index (χ2v) is 4.11. The van der Waals surface area contributed by atoms with Crippen molar-refractivity contribution < 1.29 is 4.74 Å². The summed E-state index contributed by atoms with van der Waals surface area (Å²) in [5, 5.41) is 7.61. The molecule has 1 aromatic carbocycles. The highest BCUT2D eigenvalue weighted by Crippen LogP contribution is 2.23. The smallest absolute Gasteiger partial charge is 0.121 e. The Morgan fingerprint density at radius 3 is 2.83 bits per heavy atom. The molecular formula is C13H18N4O. The molecule has 0 bridgehead atoms. The number of nitrogens with two attached hydrogens (primary N) is 1. The van der Waals surface area contributed by atoms with Crippen molar-refractivity contribution in [2.75, 3.05) is 24.7 Å². The number of anilines is 2. The summed E-state index contributed by atoms with van der Waals surface area (Å²) in [4.78, 5) is 0. The molecule has 2 rings (SSSR count). The summed E-state index contributed by atoms with van der Waals surface area (Å²) in [5.41, 5.74) is 8.60. The summed E-state index contributed by atoms with van der Waals surface area (Å²) in [7, 11) is 3.54. The average Bonchev–Trinajstić information content (AvgIpc) is 2.77. The molecule has 0 atom stereocenters. The van der Waals surface area contributed by atoms with Crippen LogP contribution in [-0.2, 0) is 13.5 Å². The monoisotopic (exact) mass is 246 g/mol. The van der Waals surface area contributed by atoms with Crippen LogP contribution in [0.25, 0.3) is 0 Å². The number of nitrogen functional groups attached to an aromatic ring is 1. The molecule has 5 heteroatoms. The standard InChI is InChI=1S/C13H18N4O/c1-17-8-6-10(16-17)5-7-15-13-4-3-11(18-2)9-12(13)14/h3-4,6,8-9,15H,5,7,14H2,1-2H3. The summed E-state index contributed by atoms with van der Waals surface area (Å²) in [6.45, 7) is 0.799. The number of ether oxygens (including phenoxy) is 1. The van der Waals surface area contributed by atoms with Crippen LogP contribution in [0.5, 0.6) is 5.75 Å². The van der Waals surface area contributed by atoms with Crippen LogP contribution in [0.4, 0.5) is 11.4 Å². The molecule has 5 nitrogen and oxygen atoms in total. The van der Waals surface area contributed by atoms with Crippen molar-refractivity contribution in [1.82, 2.24) is 9.78 Å². The summed E-state index contributed by atoms with van der Waals surface area (Å²) in [6.07, 6.45) is 2.81. The molecule has 3 N–H and O–H groups in total. The fourth-order valence-corrected chi connectivity index (χ4v) is 1.75. The van der Waals surface area contributed by atoms with Crippen LogP contribution in [0.15, 0.2) is 30.5 Å². The first-order valence-electron chi connectivity index (χ1n) is 5.85. The lowest BCUT2D eigenvalue weighted by atomic mass is 10.2. The lowest BCUT2D eigenvalue weighted by Crippen LogP contribution is -2.07. The predicted octanol–water partition coefficient (Wildman–Crippen LogP) is 1.67. The lowest BCUT2D eigenvalue weighted by Gasteiger charge is -2.09. The molecule has 1 aromatic heterocycles. The number of aromatic nitrogens is 2. The summed E-state index contributed by atoms with van der Waals surface area (Å²) < 4.78 is 6.91. The molecule has 0 aliphatic heterocycles. The minimum absolute atomic E-state index is 0.690. The highest BCUT2D eigenvalue weighted by molar-refractivity contribution is 5.68. The number of rotatable bonds is 5. The topological polar surface area (TPSA) is 65.1 Å². The van der Waals surface area contributed by atoms with Gasteiger partial charge in [-0.3, -0.25) is 4.68 Å². The van der Waals surface area contributed by atoms with E-state index in [9.17, 15) is 0 Å². The number of hydrogen-bond donors (Lipinski definition) is 2. The van der Waals surface area contributed by atoms with E-state index < -0.39 is 0 Å². The van der Waals surface area contributed by atoms with E-state index in [4.69, 9.17) is 10.5 Å². The fraction of sp³-hybridized carbons (Fsp3) is 0.308. The Balaban J connectivity index is 1.90. The third kappa shape index (κ3) is 2.94. The van der Waals surface area contributed by atoms with Crippen molar-refractivity contribution in [2.45, 2.75) is 6.42 Å². The number of nitrogens with zero attached hydrogens (tertiary/aromatic N) is 2. The summed E-state index contributed by atoms with van der Waals surface area (Å²) in [5.74, 6) is 0.766. The van der Waals surface area contributed by atoms with Crippen molar-refractivity contribution >= 4 is 11.4 Å². The Bertz CT molecular complexity index is 521. The van der Waals surface area contributed by atoms with Gasteiger partial charge in [0.1, 0.15) is 5.75 Å². The maximum absolute atomic E-state index is 5.92. The number of methoxy groups -OCH3 is 1. The summed E-state index contributed by atoms with van der Waals surface area (Å²) >= 11 is 0. The Kier molecular flexibility index (Phi) is 3.72. The normalized spacial score (nSPS) is 10.3. The molecule has 0 spiro atoms. The predicted molar refractivity (Wildman–Crippen MR) is 72.8 cm³/mol. The van der Waals surface area contributed by atoms with Gasteiger partial charge in [-0.05, 0) is 18.2 Å². The van der Waals surface area contributed by atoms with Gasteiger partial charge in [-0.15, -0.1) is 0 Å². The minimum atomic E-state index is 0.690. The molecule has 18 heavy (non-hydrogen) atoms. The number of nitrogens with one attached hydrogen (secondary N) is 1. The zero-order chi connectivity index (χ0) is 13.0. The second kappa shape index (κ2) is 5.44. The van der Waals surface area contributed by atoms with Gasteiger partial charge in [0.2, 0.25) is 0 Å². The molecule has 0 amide bonds. The largest absolute Gasteiger partial charge is 0.497 e. The average molecular weight is 246 g/mol. The molecule has 96 valence electrons. The zero-order valence-corrected chi connectivity index (χ0v) is 10.7. The van der Waals surface area contributed by atoms with Crippen LogP contribution in [0.1, 0.15) is 5.69 Å². The van der Waals surface area contributed by atoms with Crippen LogP contribution in [-0.4, -0.2) is 23.4 Å². The van der Waals surface area contributed by atoms with Gasteiger partial charge >= 0.3 is 0 Å². The van der Waals surface area contributed by atoms with E-state index in [2.05, 4.69) is 10.4 Å². The maximum atomic E-state index is 5.92.